The second kappa shape index (κ2) is 6.07. The summed E-state index contributed by atoms with van der Waals surface area (Å²) in [5.41, 5.74) is 0. The normalized spacial score (nSPS) is 11.7. The smallest absolute Gasteiger partial charge is 0 e. The van der Waals surface area contributed by atoms with Crippen molar-refractivity contribution in [3.63, 3.8) is 0 Å². The van der Waals surface area contributed by atoms with Crippen molar-refractivity contribution in [1.29, 1.82) is 0 Å². The van der Waals surface area contributed by atoms with Gasteiger partial charge in [0.25, 0.3) is 0 Å². The van der Waals surface area contributed by atoms with Crippen molar-refractivity contribution in [1.82, 2.24) is 0 Å². The Balaban J connectivity index is 0. The fourth-order valence-corrected chi connectivity index (χ4v) is 0. The van der Waals surface area contributed by atoms with E-state index in [0.717, 1.165) is 0 Å². The summed E-state index contributed by atoms with van der Waals surface area (Å²) in [5, 5.41) is 7.94. The predicted molar refractivity (Wildman–Crippen MR) is 17.4 cm³/mol. The molecule has 1 N–H and O–H groups in total. The molecule has 0 saturated heterocycles. The molecule has 0 aliphatic carbocycles. The van der Waals surface area contributed by atoms with Gasteiger partial charge in [0, 0.05) is 44.1 Å². The fourth-order valence-electron chi connectivity index (χ4n) is 0. The molecule has 0 amide bonds. The van der Waals surface area contributed by atoms with Crippen molar-refractivity contribution in [3.8, 4) is 0 Å². The number of rotatable bonds is 1. The molecule has 0 aliphatic heterocycles. The minimum absolute atomic E-state index is 0. The summed E-state index contributed by atoms with van der Waals surface area (Å²) in [6.07, 6.45) is 0.412. The third-order valence-corrected chi connectivity index (χ3v) is 0.171. The van der Waals surface area contributed by atoms with Crippen LogP contribution < -0.4 is 0 Å². The summed E-state index contributed by atoms with van der Waals surface area (Å²) in [5.74, 6) is 0. The number of hydrogen-bond donors (Lipinski definition) is 1. The molecule has 1 unspecified atom stereocenters. The quantitative estimate of drug-likeness (QED) is 0.662. The first-order valence-corrected chi connectivity index (χ1v) is 1.33. The van der Waals surface area contributed by atoms with E-state index in [-0.39, 0.29) is 44.1 Å². The van der Waals surface area contributed by atoms with Gasteiger partial charge in [-0.25, -0.2) is 6.29 Å². The van der Waals surface area contributed by atoms with Gasteiger partial charge in [-0.1, -0.05) is 6.92 Å². The Morgan fingerprint density at radius 3 is 2.00 bits per heavy atom. The molecule has 0 aliphatic rings. The van der Waals surface area contributed by atoms with E-state index in [1.165, 1.54) is 13.2 Å². The van der Waals surface area contributed by atoms with Gasteiger partial charge < -0.3 is 9.90 Å². The van der Waals surface area contributed by atoms with Crippen molar-refractivity contribution in [2.75, 3.05) is 0 Å². The van der Waals surface area contributed by atoms with Gasteiger partial charge in [0.15, 0.2) is 0 Å². The van der Waals surface area contributed by atoms with Crippen LogP contribution in [0.5, 0.6) is 0 Å². The maximum Gasteiger partial charge on any atom is 0 e. The Bertz CT molecular complexity index is 35.8. The van der Waals surface area contributed by atoms with Crippen LogP contribution in [-0.2, 0) is 4.79 Å². The molecule has 2 nitrogen and oxygen atoms in total. The maximum atomic E-state index is 9.13. The molecule has 0 fully saturated rings. The zero-order valence-electron chi connectivity index (χ0n) is 3.51. The second-order valence-corrected chi connectivity index (χ2v) is 0.794. The fraction of sp³-hybridized carbons (Fsp3) is 0.667. The van der Waals surface area contributed by atoms with E-state index in [0.29, 0.717) is 0 Å². The van der Waals surface area contributed by atoms with Crippen LogP contribution in [-0.4, -0.2) is 17.5 Å². The van der Waals surface area contributed by atoms with Crippen molar-refractivity contribution in [2.45, 2.75) is 13.0 Å². The largest absolute Gasteiger partial charge is 0.539 e. The molecule has 0 heterocycles. The molecule has 0 saturated carbocycles. The third-order valence-electron chi connectivity index (χ3n) is 0.171. The van der Waals surface area contributed by atoms with Crippen LogP contribution in [0.4, 0.5) is 0 Å². The van der Waals surface area contributed by atoms with Gasteiger partial charge in [-0.15, -0.1) is 0 Å². The Hall–Kier alpha value is 1.07. The number of aliphatic hydroxyl groups excluding tert-OH is 1. The average molecular weight is 300 g/mol. The van der Waals surface area contributed by atoms with Gasteiger partial charge in [-0.3, -0.25) is 0 Å². The van der Waals surface area contributed by atoms with Gasteiger partial charge in [-0.2, -0.15) is 0 Å². The number of aliphatic hydroxyl groups is 1. The van der Waals surface area contributed by atoms with Crippen molar-refractivity contribution < 1.29 is 54.0 Å². The molecule has 1 atom stereocenters. The molecule has 3 heteroatoms. The third kappa shape index (κ3) is 8.91. The average Bonchev–Trinajstić information content (AvgIpc) is 1.38. The second-order valence-electron chi connectivity index (χ2n) is 0.794. The summed E-state index contributed by atoms with van der Waals surface area (Å²) in [6.45, 7) is 1.35. The Morgan fingerprint density at radius 2 is 2.00 bits per heavy atom. The van der Waals surface area contributed by atoms with Crippen LogP contribution in [0.3, 0.4) is 0 Å². The van der Waals surface area contributed by atoms with E-state index < -0.39 is 6.10 Å². The molecule has 0 aromatic heterocycles. The minimum atomic E-state index is -0.921. The molecular weight excluding hydrogens is 295 g/mol. The molecule has 0 aromatic rings. The molecule has 33 valence electrons. The molecule has 0 bridgehead atoms. The van der Waals surface area contributed by atoms with Crippen molar-refractivity contribution in [2.24, 2.45) is 0 Å². The first-order valence-electron chi connectivity index (χ1n) is 1.33. The Kier molecular flexibility index (Phi) is 10.3. The van der Waals surface area contributed by atoms with E-state index >= 15 is 0 Å². The Labute approximate surface area is 72.5 Å². The topological polar surface area (TPSA) is 37.3 Å². The SMILES string of the molecule is CC(O)[C-]=O.[Ac]. The minimum Gasteiger partial charge on any atom is -0.539 e. The van der Waals surface area contributed by atoms with Gasteiger partial charge >= 0.3 is 0 Å². The van der Waals surface area contributed by atoms with E-state index in [1.807, 2.05) is 0 Å². The van der Waals surface area contributed by atoms with Gasteiger partial charge in [0.2, 0.25) is 0 Å². The molecular formula is C3H5AcO2-. The van der Waals surface area contributed by atoms with E-state index in [2.05, 4.69) is 0 Å². The summed E-state index contributed by atoms with van der Waals surface area (Å²) in [6, 6.07) is 0. The summed E-state index contributed by atoms with van der Waals surface area (Å²) in [4.78, 5) is 9.13. The maximum absolute atomic E-state index is 9.13. The zero-order chi connectivity index (χ0) is 4.28. The van der Waals surface area contributed by atoms with Gasteiger partial charge in [0.05, 0.1) is 0 Å². The van der Waals surface area contributed by atoms with Crippen LogP contribution in [0.1, 0.15) is 6.92 Å². The molecule has 1 radical (unpaired) electrons. The first-order chi connectivity index (χ1) is 2.27. The van der Waals surface area contributed by atoms with Gasteiger partial charge in [-0.05, 0) is 6.10 Å². The first kappa shape index (κ1) is 10.1. The molecule has 0 rings (SSSR count). The molecule has 0 aromatic carbocycles. The number of hydrogen-bond acceptors (Lipinski definition) is 2. The Morgan fingerprint density at radius 1 is 1.83 bits per heavy atom. The van der Waals surface area contributed by atoms with E-state index in [1.54, 1.807) is 0 Å². The monoisotopic (exact) mass is 300 g/mol. The van der Waals surface area contributed by atoms with E-state index in [4.69, 9.17) is 9.90 Å². The van der Waals surface area contributed by atoms with Crippen molar-refractivity contribution in [3.05, 3.63) is 0 Å². The van der Waals surface area contributed by atoms with Crippen LogP contribution >= 0.6 is 0 Å². The van der Waals surface area contributed by atoms with Crippen molar-refractivity contribution >= 4 is 6.29 Å². The number of carbonyl (C=O) groups excluding carboxylic acids is 1. The predicted octanol–water partition coefficient (Wildman–Crippen LogP) is -0.523. The molecule has 0 spiro atoms. The van der Waals surface area contributed by atoms with Gasteiger partial charge in [0.1, 0.15) is 0 Å². The summed E-state index contributed by atoms with van der Waals surface area (Å²) >= 11 is 0. The van der Waals surface area contributed by atoms with Crippen LogP contribution in [0.2, 0.25) is 0 Å². The van der Waals surface area contributed by atoms with Crippen LogP contribution in [0, 0.1) is 44.1 Å². The summed E-state index contributed by atoms with van der Waals surface area (Å²) in [7, 11) is 0. The standard InChI is InChI=1S/C3H5O2.Ac/c1-3(5)2-4;/h3,5H,1H3;/q-1;. The summed E-state index contributed by atoms with van der Waals surface area (Å²) < 4.78 is 0. The van der Waals surface area contributed by atoms with E-state index in [9.17, 15) is 0 Å². The van der Waals surface area contributed by atoms with Crippen LogP contribution in [0.15, 0.2) is 0 Å². The zero-order valence-corrected chi connectivity index (χ0v) is 8.26. The molecule has 6 heavy (non-hydrogen) atoms. The van der Waals surface area contributed by atoms with Crippen LogP contribution in [0.25, 0.3) is 0 Å².